The number of aryl methyl sites for hydroxylation is 3. The number of carbonyl (C=O) groups is 9. The minimum absolute atomic E-state index is 0. The fourth-order valence-corrected chi connectivity index (χ4v) is 16.0. The SMILES string of the molecule is CCS(=O)(=O)c1ccc(C)cc1.COC(=O)C[C@H](CC(=O)[C@H](Cc1ccccc1)NC(=O)CCCN(C(=O)OC(C)(C)C)c1cc(C)ccn1)c1ccc(-c2ccc(O)c3ccccc23)cc1.COC(=O)C[C@H](CC(=O)[C@H](Cc1ccccc1)NC(=O)CCCN(C(=O)OC(C)(C)C)c1cc(C)ccn1)c1ccc(-c2ccc(OCCOCCOCCOCCOCCN=[N+]=[N-])c3ccccc23)cc1.O=CO[O-].[Cs+].[Cs+].[H-]. The second-order valence-corrected chi connectivity index (χ2v) is 37.8. The first-order valence-electron chi connectivity index (χ1n) is 47.2. The van der Waals surface area contributed by atoms with Crippen molar-refractivity contribution >= 4 is 97.0 Å². The predicted molar refractivity (Wildman–Crippen MR) is 546 cm³/mol. The van der Waals surface area contributed by atoms with Crippen LogP contribution in [-0.2, 0) is 99.0 Å². The Hall–Kier alpha value is -10.2. The number of phenols is 1. The molecular formula is C110H131Cs2N9O23S. The summed E-state index contributed by atoms with van der Waals surface area (Å²) < 4.78 is 72.2. The fraction of sp³-hybridized carbons (Fsp3) is 0.373. The van der Waals surface area contributed by atoms with Crippen LogP contribution in [0.25, 0.3) is 54.2 Å². The van der Waals surface area contributed by atoms with Crippen molar-refractivity contribution < 1.29 is 249 Å². The molecule has 0 aliphatic heterocycles. The molecule has 4 amide bonds. The number of methoxy groups -OCH3 is 2. The van der Waals surface area contributed by atoms with Gasteiger partial charge in [0.25, 0.3) is 6.47 Å². The average Bonchev–Trinajstić information content (AvgIpc) is 0.783. The second kappa shape index (κ2) is 65.5. The normalized spacial score (nSPS) is 11.8. The molecule has 0 aliphatic rings. The van der Waals surface area contributed by atoms with Crippen LogP contribution in [0.5, 0.6) is 11.5 Å². The molecule has 145 heavy (non-hydrogen) atoms. The smallest absolute Gasteiger partial charge is 1.00 e. The number of ether oxygens (including phenoxy) is 9. The molecule has 0 fully saturated rings. The summed E-state index contributed by atoms with van der Waals surface area (Å²) in [5, 5.41) is 31.7. The van der Waals surface area contributed by atoms with Crippen LogP contribution in [-0.4, -0.2) is 200 Å². The maximum absolute atomic E-state index is 14.4. The molecule has 0 spiro atoms. The number of anilines is 2. The Bertz CT molecular complexity index is 6100. The molecule has 32 nitrogen and oxygen atoms in total. The monoisotopic (exact) mass is 2240 g/mol. The summed E-state index contributed by atoms with van der Waals surface area (Å²) in [5.74, 6) is -1.17. The number of amides is 4. The molecule has 0 aliphatic carbocycles. The number of nitrogens with one attached hydrogen (secondary N) is 2. The Morgan fingerprint density at radius 3 is 1.28 bits per heavy atom. The molecular weight excluding hydrogens is 2110 g/mol. The summed E-state index contributed by atoms with van der Waals surface area (Å²) in [4.78, 5) is 133. The van der Waals surface area contributed by atoms with E-state index in [4.69, 9.17) is 58.2 Å². The van der Waals surface area contributed by atoms with E-state index in [1.807, 2.05) is 221 Å². The average molecular weight is 2250 g/mol. The second-order valence-electron chi connectivity index (χ2n) is 35.5. The molecule has 11 rings (SSSR count). The van der Waals surface area contributed by atoms with Crippen molar-refractivity contribution in [3.8, 4) is 33.8 Å². The zero-order chi connectivity index (χ0) is 104. The van der Waals surface area contributed by atoms with Crippen molar-refractivity contribution in [3.63, 3.8) is 0 Å². The first-order chi connectivity index (χ1) is 68.6. The van der Waals surface area contributed by atoms with Crippen LogP contribution in [0.2, 0.25) is 0 Å². The van der Waals surface area contributed by atoms with Crippen LogP contribution in [0.15, 0.2) is 253 Å². The topological polar surface area (TPSA) is 428 Å². The molecule has 0 unspecified atom stereocenters. The van der Waals surface area contributed by atoms with E-state index in [1.165, 1.54) is 24.0 Å². The number of aromatic nitrogens is 2. The van der Waals surface area contributed by atoms with Gasteiger partial charge in [-0.2, -0.15) is 0 Å². The zero-order valence-electron chi connectivity index (χ0n) is 86.2. The van der Waals surface area contributed by atoms with Crippen LogP contribution >= 0.6 is 0 Å². The predicted octanol–water partition coefficient (Wildman–Crippen LogP) is 12.3. The molecule has 0 saturated heterocycles. The Labute approximate surface area is 968 Å². The van der Waals surface area contributed by atoms with Crippen molar-refractivity contribution in [3.05, 3.63) is 292 Å². The van der Waals surface area contributed by atoms with E-state index >= 15 is 0 Å². The molecule has 0 bridgehead atoms. The van der Waals surface area contributed by atoms with Crippen molar-refractivity contribution in [1.82, 2.24) is 20.6 Å². The van der Waals surface area contributed by atoms with E-state index in [0.29, 0.717) is 89.0 Å². The van der Waals surface area contributed by atoms with Gasteiger partial charge >= 0.3 is 162 Å². The number of Topliss-reactive ketones (excluding diaryl/α,β-unsaturated/α-hetero) is 2. The van der Waals surface area contributed by atoms with Crippen LogP contribution in [0.3, 0.4) is 0 Å². The van der Waals surface area contributed by atoms with Crippen LogP contribution < -0.4 is 168 Å². The molecule has 11 aromatic rings. The number of carbonyl (C=O) groups excluding carboxylic acids is 9. The number of nitrogens with zero attached hydrogens (tertiary/aromatic N) is 7. The van der Waals surface area contributed by atoms with Crippen molar-refractivity contribution in [2.24, 2.45) is 5.11 Å². The van der Waals surface area contributed by atoms with Crippen LogP contribution in [0.4, 0.5) is 21.2 Å². The number of phenolic OH excluding ortho intramolecular Hbond substituents is 1. The van der Waals surface area contributed by atoms with Gasteiger partial charge in [0.05, 0.1) is 103 Å². The molecule has 35 heteroatoms. The minimum atomic E-state index is -3.01. The maximum Gasteiger partial charge on any atom is 1.00 e. The van der Waals surface area contributed by atoms with E-state index in [2.05, 4.69) is 35.5 Å². The number of hydrogen-bond donors (Lipinski definition) is 3. The Balaban J connectivity index is 0.000000447. The first-order valence-corrected chi connectivity index (χ1v) is 48.9. The Morgan fingerprint density at radius 1 is 0.497 bits per heavy atom. The van der Waals surface area contributed by atoms with Crippen molar-refractivity contribution in [1.29, 1.82) is 0 Å². The maximum atomic E-state index is 14.4. The summed E-state index contributed by atoms with van der Waals surface area (Å²) in [6, 6.07) is 69.9. The molecule has 2 heterocycles. The molecule has 2 aromatic heterocycles. The van der Waals surface area contributed by atoms with E-state index in [-0.39, 0.29) is 251 Å². The summed E-state index contributed by atoms with van der Waals surface area (Å²) >= 11 is 0. The number of aromatic hydroxyl groups is 1. The number of fused-ring (bicyclic) bond motifs is 2. The number of sulfone groups is 1. The van der Waals surface area contributed by atoms with Gasteiger partial charge in [0.1, 0.15) is 40.9 Å². The third kappa shape index (κ3) is 44.0. The summed E-state index contributed by atoms with van der Waals surface area (Å²) in [6.45, 7) is 22.2. The van der Waals surface area contributed by atoms with Gasteiger partial charge in [-0.05, 0) is 208 Å². The Morgan fingerprint density at radius 2 is 0.883 bits per heavy atom. The van der Waals surface area contributed by atoms with E-state index in [9.17, 15) is 51.9 Å². The number of ketones is 2. The van der Waals surface area contributed by atoms with Gasteiger partial charge in [0.2, 0.25) is 11.8 Å². The van der Waals surface area contributed by atoms with Gasteiger partial charge in [0, 0.05) is 85.2 Å². The van der Waals surface area contributed by atoms with Gasteiger partial charge < -0.3 is 69.9 Å². The number of hydrogen-bond acceptors (Lipinski definition) is 26. The number of esters is 2. The summed E-state index contributed by atoms with van der Waals surface area (Å²) in [7, 11) is -0.376. The van der Waals surface area contributed by atoms with Gasteiger partial charge in [-0.3, -0.25) is 43.4 Å². The summed E-state index contributed by atoms with van der Waals surface area (Å²) in [6.07, 6.45) is 3.15. The van der Waals surface area contributed by atoms with E-state index in [1.54, 1.807) is 91.2 Å². The van der Waals surface area contributed by atoms with Gasteiger partial charge in [-0.15, -0.1) is 0 Å². The molecule has 0 saturated carbocycles. The van der Waals surface area contributed by atoms with E-state index in [0.717, 1.165) is 88.5 Å². The number of pyridine rings is 2. The standard InChI is InChI=1S/C55H68N6O11.C45H49N3O7.C9H12O2S.CH2O3.2Cs.H/c1-40-23-24-57-51(36-40)61(54(65)72-55(2,3)4)26-11-16-52(63)59-48(37-41-12-7-6-8-13-41)49(62)38-44(39-53(64)66-5)42-17-19-43(20-18-42)45-21-22-50(47-15-10-9-14-46(45)47)71-35-34-70-33-32-69-31-30-68-29-28-67-27-25-58-60-56;1-30-23-24-46-41(26-30)48(44(53)55-45(2,3)4)25-11-16-42(51)47-38(27-31-12-7-6-8-13-31)40(50)28-34(29-43(52)54-5)32-17-19-33(20-18-32)35-21-22-39(49)37-15-10-9-14-36(35)37;1-3-12(10,11)9-6-4-8(2)5-7-9;2-1-4-3;;;/h6-10,12-15,17-24,36,44,48H,11,16,25-35,37-39H2,1-5H3,(H,59,63);6-10,12-15,17-24,26,34,38,49H,11,16,25,27-29H2,1-5H3,(H,47,51);4-7H,3H2,1-2H3;1,3H;;;/q;;;;2*+1;-1/p-1/t44-,48-;34-,38-;;;;;/m00...../s1. The zero-order valence-corrected chi connectivity index (χ0v) is 98.6. The first kappa shape index (κ1) is 123. The van der Waals surface area contributed by atoms with Crippen LogP contribution in [0, 0.1) is 20.8 Å². The minimum Gasteiger partial charge on any atom is -1.00 e. The number of rotatable bonds is 49. The van der Waals surface area contributed by atoms with Gasteiger partial charge in [-0.25, -0.2) is 28.0 Å². The molecule has 4 atom stereocenters. The van der Waals surface area contributed by atoms with Gasteiger partial charge in [-0.1, -0.05) is 200 Å². The third-order valence-corrected chi connectivity index (χ3v) is 24.1. The molecule has 0 radical (unpaired) electrons. The molecule has 762 valence electrons. The number of azide groups is 1. The van der Waals surface area contributed by atoms with Crippen molar-refractivity contribution in [2.45, 2.75) is 173 Å². The quantitative estimate of drug-likeness (QED) is 0.00367. The largest absolute Gasteiger partial charge is 1.00 e. The molecule has 3 N–H and O–H groups in total. The van der Waals surface area contributed by atoms with Crippen LogP contribution in [0.1, 0.15) is 152 Å². The fourth-order valence-electron chi connectivity index (χ4n) is 15.1. The van der Waals surface area contributed by atoms with Gasteiger partial charge in [0.15, 0.2) is 21.4 Å². The van der Waals surface area contributed by atoms with E-state index < -0.39 is 69.1 Å². The summed E-state index contributed by atoms with van der Waals surface area (Å²) in [5.41, 5.74) is 16.8. The van der Waals surface area contributed by atoms with Crippen molar-refractivity contribution in [2.75, 3.05) is 109 Å². The molecule has 9 aromatic carbocycles. The Kier molecular flexibility index (Phi) is 55.8. The number of benzene rings is 9. The third-order valence-electron chi connectivity index (χ3n) is 22.3.